The second-order valence-corrected chi connectivity index (χ2v) is 6.16. The SMILES string of the molecule is COC(=O)c1cc(C2CC2)c(OCC2CCCNC2)cc1F. The Morgan fingerprint density at radius 1 is 1.36 bits per heavy atom. The van der Waals surface area contributed by atoms with E-state index in [-0.39, 0.29) is 5.56 Å². The zero-order chi connectivity index (χ0) is 15.5. The highest BCUT2D eigenvalue weighted by molar-refractivity contribution is 5.90. The minimum Gasteiger partial charge on any atom is -0.493 e. The van der Waals surface area contributed by atoms with Crippen LogP contribution in [0.5, 0.6) is 5.75 Å². The van der Waals surface area contributed by atoms with Gasteiger partial charge in [0, 0.05) is 18.5 Å². The van der Waals surface area contributed by atoms with Gasteiger partial charge >= 0.3 is 5.97 Å². The Morgan fingerprint density at radius 2 is 2.18 bits per heavy atom. The largest absolute Gasteiger partial charge is 0.493 e. The Kier molecular flexibility index (Phi) is 4.62. The highest BCUT2D eigenvalue weighted by atomic mass is 19.1. The summed E-state index contributed by atoms with van der Waals surface area (Å²) >= 11 is 0. The Morgan fingerprint density at radius 3 is 2.82 bits per heavy atom. The maximum absolute atomic E-state index is 14.1. The van der Waals surface area contributed by atoms with Crippen molar-refractivity contribution >= 4 is 5.97 Å². The fraction of sp³-hybridized carbons (Fsp3) is 0.588. The van der Waals surface area contributed by atoms with Crippen LogP contribution in [-0.4, -0.2) is 32.8 Å². The molecule has 22 heavy (non-hydrogen) atoms. The van der Waals surface area contributed by atoms with Gasteiger partial charge in [-0.05, 0) is 49.8 Å². The summed E-state index contributed by atoms with van der Waals surface area (Å²) in [5.74, 6) is 0.210. The van der Waals surface area contributed by atoms with Crippen molar-refractivity contribution in [3.63, 3.8) is 0 Å². The molecule has 0 spiro atoms. The second kappa shape index (κ2) is 6.65. The first-order chi connectivity index (χ1) is 10.7. The second-order valence-electron chi connectivity index (χ2n) is 6.16. The molecule has 1 aliphatic carbocycles. The first kappa shape index (κ1) is 15.3. The average molecular weight is 307 g/mol. The molecule has 4 nitrogen and oxygen atoms in total. The molecule has 5 heteroatoms. The number of esters is 1. The van der Waals surface area contributed by atoms with E-state index < -0.39 is 11.8 Å². The first-order valence-electron chi connectivity index (χ1n) is 7.94. The number of carbonyl (C=O) groups excluding carboxylic acids is 1. The summed E-state index contributed by atoms with van der Waals surface area (Å²) in [4.78, 5) is 11.6. The molecule has 2 aliphatic rings. The molecule has 0 aromatic heterocycles. The number of ether oxygens (including phenoxy) is 2. The maximum atomic E-state index is 14.1. The molecular formula is C17H22FNO3. The van der Waals surface area contributed by atoms with Crippen molar-refractivity contribution in [2.24, 2.45) is 5.92 Å². The third kappa shape index (κ3) is 3.40. The predicted molar refractivity (Wildman–Crippen MR) is 80.8 cm³/mol. The summed E-state index contributed by atoms with van der Waals surface area (Å²) in [6.07, 6.45) is 4.41. The molecule has 1 aliphatic heterocycles. The number of rotatable bonds is 5. The normalized spacial score (nSPS) is 21.5. The van der Waals surface area contributed by atoms with Gasteiger partial charge in [-0.1, -0.05) is 0 Å². The molecular weight excluding hydrogens is 285 g/mol. The zero-order valence-electron chi connectivity index (χ0n) is 12.9. The topological polar surface area (TPSA) is 47.6 Å². The molecule has 1 N–H and O–H groups in total. The van der Waals surface area contributed by atoms with Gasteiger partial charge in [-0.2, -0.15) is 0 Å². The number of hydrogen-bond acceptors (Lipinski definition) is 4. The standard InChI is InChI=1S/C17H22FNO3/c1-21-17(20)14-7-13(12-4-5-12)16(8-15(14)18)22-10-11-3-2-6-19-9-11/h7-8,11-12,19H,2-6,9-10H2,1H3. The number of piperidine rings is 1. The van der Waals surface area contributed by atoms with Gasteiger partial charge in [0.05, 0.1) is 19.3 Å². The number of halogens is 1. The third-order valence-corrected chi connectivity index (χ3v) is 4.40. The monoisotopic (exact) mass is 307 g/mol. The number of nitrogens with one attached hydrogen (secondary N) is 1. The van der Waals surface area contributed by atoms with Crippen molar-refractivity contribution in [2.45, 2.75) is 31.6 Å². The van der Waals surface area contributed by atoms with Gasteiger partial charge in [-0.25, -0.2) is 9.18 Å². The van der Waals surface area contributed by atoms with E-state index in [2.05, 4.69) is 10.1 Å². The lowest BCUT2D eigenvalue weighted by Gasteiger charge is -2.23. The van der Waals surface area contributed by atoms with E-state index >= 15 is 0 Å². The van der Waals surface area contributed by atoms with E-state index in [1.54, 1.807) is 6.07 Å². The van der Waals surface area contributed by atoms with Crippen LogP contribution in [-0.2, 0) is 4.74 Å². The number of benzene rings is 1. The highest BCUT2D eigenvalue weighted by Crippen LogP contribution is 2.45. The Labute approximate surface area is 130 Å². The Balaban J connectivity index is 1.77. The van der Waals surface area contributed by atoms with E-state index in [4.69, 9.17) is 4.74 Å². The molecule has 1 aromatic carbocycles. The molecule has 1 saturated heterocycles. The lowest BCUT2D eigenvalue weighted by atomic mass is 10.0. The van der Waals surface area contributed by atoms with Crippen LogP contribution < -0.4 is 10.1 Å². The molecule has 120 valence electrons. The van der Waals surface area contributed by atoms with Gasteiger partial charge in [-0.15, -0.1) is 0 Å². The van der Waals surface area contributed by atoms with E-state index in [0.717, 1.165) is 44.3 Å². The summed E-state index contributed by atoms with van der Waals surface area (Å²) in [5.41, 5.74) is 0.932. The van der Waals surface area contributed by atoms with Gasteiger partial charge in [0.2, 0.25) is 0 Å². The van der Waals surface area contributed by atoms with Crippen molar-refractivity contribution < 1.29 is 18.7 Å². The Bertz CT molecular complexity index is 551. The molecule has 1 unspecified atom stereocenters. The summed E-state index contributed by atoms with van der Waals surface area (Å²) in [6.45, 7) is 2.59. The van der Waals surface area contributed by atoms with Crippen LogP contribution >= 0.6 is 0 Å². The molecule has 1 heterocycles. The molecule has 1 saturated carbocycles. The van der Waals surface area contributed by atoms with Crippen LogP contribution in [0.25, 0.3) is 0 Å². The highest BCUT2D eigenvalue weighted by Gasteiger charge is 2.30. The van der Waals surface area contributed by atoms with Gasteiger partial charge in [0.15, 0.2) is 0 Å². The van der Waals surface area contributed by atoms with Crippen molar-refractivity contribution in [1.29, 1.82) is 0 Å². The minimum absolute atomic E-state index is 0.00363. The molecule has 3 rings (SSSR count). The first-order valence-corrected chi connectivity index (χ1v) is 7.94. The molecule has 2 fully saturated rings. The van der Waals surface area contributed by atoms with E-state index in [9.17, 15) is 9.18 Å². The number of hydrogen-bond donors (Lipinski definition) is 1. The quantitative estimate of drug-likeness (QED) is 0.850. The van der Waals surface area contributed by atoms with Gasteiger partial charge in [-0.3, -0.25) is 0 Å². The molecule has 1 aromatic rings. The fourth-order valence-electron chi connectivity index (χ4n) is 2.95. The third-order valence-electron chi connectivity index (χ3n) is 4.40. The van der Waals surface area contributed by atoms with Crippen molar-refractivity contribution in [1.82, 2.24) is 5.32 Å². The lowest BCUT2D eigenvalue weighted by molar-refractivity contribution is 0.0595. The van der Waals surface area contributed by atoms with Crippen LogP contribution in [0.15, 0.2) is 12.1 Å². The zero-order valence-corrected chi connectivity index (χ0v) is 12.9. The fourth-order valence-corrected chi connectivity index (χ4v) is 2.95. The van der Waals surface area contributed by atoms with Crippen molar-refractivity contribution in [2.75, 3.05) is 26.8 Å². The lowest BCUT2D eigenvalue weighted by Crippen LogP contribution is -2.33. The van der Waals surface area contributed by atoms with Crippen LogP contribution in [0.2, 0.25) is 0 Å². The van der Waals surface area contributed by atoms with Crippen LogP contribution in [0.1, 0.15) is 47.5 Å². The van der Waals surface area contributed by atoms with Crippen LogP contribution in [0, 0.1) is 11.7 Å². The summed E-state index contributed by atoms with van der Waals surface area (Å²) in [7, 11) is 1.26. The van der Waals surface area contributed by atoms with Crippen LogP contribution in [0.3, 0.4) is 0 Å². The van der Waals surface area contributed by atoms with E-state index in [1.807, 2.05) is 0 Å². The number of carbonyl (C=O) groups is 1. The minimum atomic E-state index is -0.637. The van der Waals surface area contributed by atoms with Crippen molar-refractivity contribution in [3.05, 3.63) is 29.1 Å². The molecule has 0 radical (unpaired) electrons. The van der Waals surface area contributed by atoms with Gasteiger partial charge in [0.1, 0.15) is 11.6 Å². The smallest absolute Gasteiger partial charge is 0.340 e. The summed E-state index contributed by atoms with van der Waals surface area (Å²) in [5, 5.41) is 3.35. The average Bonchev–Trinajstić information content (AvgIpc) is 3.38. The van der Waals surface area contributed by atoms with Crippen molar-refractivity contribution in [3.8, 4) is 5.75 Å². The van der Waals surface area contributed by atoms with Gasteiger partial charge in [0.25, 0.3) is 0 Å². The van der Waals surface area contributed by atoms with Gasteiger partial charge < -0.3 is 14.8 Å². The molecule has 0 amide bonds. The van der Waals surface area contributed by atoms with E-state index in [1.165, 1.54) is 13.2 Å². The summed E-state index contributed by atoms with van der Waals surface area (Å²) < 4.78 is 24.7. The van der Waals surface area contributed by atoms with E-state index in [0.29, 0.717) is 24.2 Å². The maximum Gasteiger partial charge on any atom is 0.340 e. The molecule has 1 atom stereocenters. The van der Waals surface area contributed by atoms with Crippen LogP contribution in [0.4, 0.5) is 4.39 Å². The molecule has 0 bridgehead atoms. The predicted octanol–water partition coefficient (Wildman–Crippen LogP) is 2.87. The number of methoxy groups -OCH3 is 1. The summed E-state index contributed by atoms with van der Waals surface area (Å²) in [6, 6.07) is 2.95. The Hall–Kier alpha value is -1.62.